The number of guanidine groups is 1. The Balaban J connectivity index is 1.57. The number of aryl methyl sites for hydroxylation is 1. The zero-order valence-electron chi connectivity index (χ0n) is 17.3. The van der Waals surface area contributed by atoms with E-state index < -0.39 is 0 Å². The third-order valence-electron chi connectivity index (χ3n) is 5.49. The van der Waals surface area contributed by atoms with Crippen LogP contribution in [0.4, 0.5) is 0 Å². The molecule has 1 aromatic rings. The SMILES string of the molecule is CN=C(NCc1ccc(C)cc1OC1CCOC1)NCC1(OC)CCOCC1. The highest BCUT2D eigenvalue weighted by atomic mass is 16.5. The van der Waals surface area contributed by atoms with Gasteiger partial charge in [0.1, 0.15) is 11.9 Å². The van der Waals surface area contributed by atoms with Crippen molar-refractivity contribution in [2.24, 2.45) is 4.99 Å². The van der Waals surface area contributed by atoms with E-state index in [1.165, 1.54) is 5.56 Å². The molecule has 0 saturated carbocycles. The van der Waals surface area contributed by atoms with Crippen LogP contribution >= 0.6 is 0 Å². The van der Waals surface area contributed by atoms with Gasteiger partial charge in [-0.25, -0.2) is 0 Å². The molecule has 1 atom stereocenters. The summed E-state index contributed by atoms with van der Waals surface area (Å²) in [7, 11) is 3.55. The molecule has 1 unspecified atom stereocenters. The minimum Gasteiger partial charge on any atom is -0.488 e. The van der Waals surface area contributed by atoms with Crippen LogP contribution in [0.3, 0.4) is 0 Å². The molecule has 2 saturated heterocycles. The molecule has 2 fully saturated rings. The zero-order valence-corrected chi connectivity index (χ0v) is 17.3. The normalized spacial score (nSPS) is 22.1. The van der Waals surface area contributed by atoms with Crippen LogP contribution < -0.4 is 15.4 Å². The molecular formula is C21H33N3O4. The first-order valence-electron chi connectivity index (χ1n) is 10.1. The van der Waals surface area contributed by atoms with Crippen molar-refractivity contribution in [3.8, 4) is 5.75 Å². The number of hydrogen-bond acceptors (Lipinski definition) is 5. The number of nitrogens with one attached hydrogen (secondary N) is 2. The average molecular weight is 392 g/mol. The Morgan fingerprint density at radius 1 is 1.21 bits per heavy atom. The maximum absolute atomic E-state index is 6.18. The van der Waals surface area contributed by atoms with Crippen molar-refractivity contribution in [1.82, 2.24) is 10.6 Å². The second-order valence-electron chi connectivity index (χ2n) is 7.49. The summed E-state index contributed by atoms with van der Waals surface area (Å²) in [5.74, 6) is 1.66. The van der Waals surface area contributed by atoms with Crippen molar-refractivity contribution in [3.05, 3.63) is 29.3 Å². The summed E-state index contributed by atoms with van der Waals surface area (Å²) in [6.45, 7) is 6.30. The maximum Gasteiger partial charge on any atom is 0.191 e. The summed E-state index contributed by atoms with van der Waals surface area (Å²) in [5, 5.41) is 6.79. The number of benzene rings is 1. The molecule has 0 bridgehead atoms. The monoisotopic (exact) mass is 391 g/mol. The van der Waals surface area contributed by atoms with Gasteiger partial charge in [0, 0.05) is 65.3 Å². The van der Waals surface area contributed by atoms with Crippen molar-refractivity contribution >= 4 is 5.96 Å². The van der Waals surface area contributed by atoms with Gasteiger partial charge in [-0.2, -0.15) is 0 Å². The maximum atomic E-state index is 6.18. The Labute approximate surface area is 167 Å². The number of methoxy groups -OCH3 is 1. The van der Waals surface area contributed by atoms with Gasteiger partial charge in [0.25, 0.3) is 0 Å². The van der Waals surface area contributed by atoms with Gasteiger partial charge in [-0.3, -0.25) is 4.99 Å². The minimum absolute atomic E-state index is 0.132. The number of nitrogens with zero attached hydrogens (tertiary/aromatic N) is 1. The molecule has 3 rings (SSSR count). The van der Waals surface area contributed by atoms with E-state index in [-0.39, 0.29) is 11.7 Å². The minimum atomic E-state index is -0.198. The second kappa shape index (κ2) is 10.1. The third-order valence-corrected chi connectivity index (χ3v) is 5.49. The first-order valence-corrected chi connectivity index (χ1v) is 10.1. The van der Waals surface area contributed by atoms with E-state index in [1.54, 1.807) is 14.2 Å². The quantitative estimate of drug-likeness (QED) is 0.547. The number of aliphatic imine (C=N–C) groups is 1. The lowest BCUT2D eigenvalue weighted by atomic mass is 9.94. The van der Waals surface area contributed by atoms with Gasteiger partial charge >= 0.3 is 0 Å². The van der Waals surface area contributed by atoms with E-state index in [0.29, 0.717) is 19.7 Å². The van der Waals surface area contributed by atoms with Crippen LogP contribution in [0.15, 0.2) is 23.2 Å². The number of rotatable bonds is 7. The number of hydrogen-bond donors (Lipinski definition) is 2. The van der Waals surface area contributed by atoms with Gasteiger partial charge in [-0.15, -0.1) is 0 Å². The van der Waals surface area contributed by atoms with Crippen molar-refractivity contribution in [1.29, 1.82) is 0 Å². The van der Waals surface area contributed by atoms with E-state index in [2.05, 4.69) is 40.7 Å². The molecule has 0 spiro atoms. The largest absolute Gasteiger partial charge is 0.488 e. The van der Waals surface area contributed by atoms with Gasteiger partial charge in [0.05, 0.1) is 18.8 Å². The highest BCUT2D eigenvalue weighted by Gasteiger charge is 2.32. The molecule has 156 valence electrons. The fourth-order valence-electron chi connectivity index (χ4n) is 3.54. The van der Waals surface area contributed by atoms with Gasteiger partial charge in [-0.05, 0) is 18.6 Å². The summed E-state index contributed by atoms with van der Waals surface area (Å²) >= 11 is 0. The molecule has 7 nitrogen and oxygen atoms in total. The smallest absolute Gasteiger partial charge is 0.191 e. The topological polar surface area (TPSA) is 73.3 Å². The Morgan fingerprint density at radius 2 is 2.04 bits per heavy atom. The third kappa shape index (κ3) is 5.59. The molecule has 2 aliphatic heterocycles. The fourth-order valence-corrected chi connectivity index (χ4v) is 3.54. The summed E-state index contributed by atoms with van der Waals surface area (Å²) in [5.41, 5.74) is 2.09. The first kappa shape index (κ1) is 20.9. The summed E-state index contributed by atoms with van der Waals surface area (Å²) in [4.78, 5) is 4.35. The van der Waals surface area contributed by atoms with E-state index in [0.717, 1.165) is 56.4 Å². The molecule has 0 aliphatic carbocycles. The van der Waals surface area contributed by atoms with Crippen LogP contribution in [-0.2, 0) is 20.8 Å². The van der Waals surface area contributed by atoms with Crippen LogP contribution in [0, 0.1) is 6.92 Å². The van der Waals surface area contributed by atoms with Crippen LogP contribution in [0.1, 0.15) is 30.4 Å². The average Bonchev–Trinajstić information content (AvgIpc) is 3.23. The van der Waals surface area contributed by atoms with Gasteiger partial charge in [0.2, 0.25) is 0 Å². The van der Waals surface area contributed by atoms with Gasteiger partial charge in [0.15, 0.2) is 5.96 Å². The molecule has 2 heterocycles. The summed E-state index contributed by atoms with van der Waals surface area (Å²) in [6.07, 6.45) is 2.83. The predicted octanol–water partition coefficient (Wildman–Crippen LogP) is 2.02. The van der Waals surface area contributed by atoms with Crippen molar-refractivity contribution < 1.29 is 18.9 Å². The van der Waals surface area contributed by atoms with Crippen LogP contribution in [-0.4, -0.2) is 64.8 Å². The Morgan fingerprint density at radius 3 is 2.71 bits per heavy atom. The van der Waals surface area contributed by atoms with Crippen molar-refractivity contribution in [2.75, 3.05) is 47.1 Å². The van der Waals surface area contributed by atoms with Crippen molar-refractivity contribution in [3.63, 3.8) is 0 Å². The lowest BCUT2D eigenvalue weighted by molar-refractivity contribution is -0.0855. The molecule has 2 N–H and O–H groups in total. The molecule has 2 aliphatic rings. The Bertz CT molecular complexity index is 653. The Kier molecular flexibility index (Phi) is 7.53. The molecule has 0 amide bonds. The molecule has 1 aromatic carbocycles. The van der Waals surface area contributed by atoms with Gasteiger partial charge in [-0.1, -0.05) is 12.1 Å². The van der Waals surface area contributed by atoms with E-state index >= 15 is 0 Å². The lowest BCUT2D eigenvalue weighted by Gasteiger charge is -2.36. The molecule has 0 aromatic heterocycles. The number of ether oxygens (including phenoxy) is 4. The fraction of sp³-hybridized carbons (Fsp3) is 0.667. The molecule has 28 heavy (non-hydrogen) atoms. The highest BCUT2D eigenvalue weighted by molar-refractivity contribution is 5.79. The summed E-state index contributed by atoms with van der Waals surface area (Å²) in [6, 6.07) is 6.30. The standard InChI is InChI=1S/C21H33N3O4/c1-16-4-5-17(19(12-16)28-18-6-9-27-14-18)13-23-20(22-2)24-15-21(25-3)7-10-26-11-8-21/h4-5,12,18H,6-11,13-15H2,1-3H3,(H2,22,23,24). The van der Waals surface area contributed by atoms with Crippen LogP contribution in [0.25, 0.3) is 0 Å². The predicted molar refractivity (Wildman–Crippen MR) is 109 cm³/mol. The van der Waals surface area contributed by atoms with Gasteiger partial charge < -0.3 is 29.6 Å². The zero-order chi connectivity index (χ0) is 19.8. The van der Waals surface area contributed by atoms with E-state index in [4.69, 9.17) is 18.9 Å². The molecular weight excluding hydrogens is 358 g/mol. The lowest BCUT2D eigenvalue weighted by Crippen LogP contribution is -2.50. The molecule has 7 heteroatoms. The van der Waals surface area contributed by atoms with Crippen LogP contribution in [0.2, 0.25) is 0 Å². The van der Waals surface area contributed by atoms with Crippen molar-refractivity contribution in [2.45, 2.75) is 44.4 Å². The molecule has 0 radical (unpaired) electrons. The van der Waals surface area contributed by atoms with Crippen LogP contribution in [0.5, 0.6) is 5.75 Å². The highest BCUT2D eigenvalue weighted by Crippen LogP contribution is 2.25. The second-order valence-corrected chi connectivity index (χ2v) is 7.49. The Hall–Kier alpha value is -1.83. The van der Waals surface area contributed by atoms with E-state index in [9.17, 15) is 0 Å². The van der Waals surface area contributed by atoms with E-state index in [1.807, 2.05) is 0 Å². The first-order chi connectivity index (χ1) is 13.6. The summed E-state index contributed by atoms with van der Waals surface area (Å²) < 4.78 is 22.9.